The predicted molar refractivity (Wildman–Crippen MR) is 122 cm³/mol. The van der Waals surface area contributed by atoms with Crippen molar-refractivity contribution in [1.82, 2.24) is 0 Å². The third-order valence-corrected chi connectivity index (χ3v) is 19.9. The Morgan fingerprint density at radius 3 is 1.70 bits per heavy atom. The molecule has 0 saturated carbocycles. The van der Waals surface area contributed by atoms with Crippen LogP contribution in [-0.4, -0.2) is 3.71 Å². The largest absolute Gasteiger partial charge is 0.147 e. The zero-order valence-electron chi connectivity index (χ0n) is 16.1. The van der Waals surface area contributed by atoms with Gasteiger partial charge in [0.05, 0.1) is 0 Å². The van der Waals surface area contributed by atoms with Gasteiger partial charge in [-0.25, -0.2) is 0 Å². The van der Waals surface area contributed by atoms with Crippen LogP contribution in [0, 0.1) is 0 Å². The minimum Gasteiger partial charge on any atom is -0.147 e. The van der Waals surface area contributed by atoms with Gasteiger partial charge < -0.3 is 0 Å². The Balaban J connectivity index is 0.00000131. The van der Waals surface area contributed by atoms with E-state index in [0.29, 0.717) is 7.25 Å². The normalized spacial score (nSPS) is 20.8. The van der Waals surface area contributed by atoms with Crippen LogP contribution in [0.25, 0.3) is 12.2 Å². The SMILES string of the molecule is CCC[CH]=[Zr]([CH2]C)([CH]1C=Cc2ccccc21)[CH]1C=Cc2ccccc21.Cl.Cl. The number of hydrogen-bond acceptors (Lipinski definition) is 0. The van der Waals surface area contributed by atoms with E-state index in [2.05, 4.69) is 90.4 Å². The van der Waals surface area contributed by atoms with Gasteiger partial charge in [-0.15, -0.1) is 24.8 Å². The second-order valence-electron chi connectivity index (χ2n) is 7.39. The predicted octanol–water partition coefficient (Wildman–Crippen LogP) is 7.56. The molecule has 2 unspecified atom stereocenters. The molecule has 143 valence electrons. The molecule has 0 spiro atoms. The average molecular weight is 480 g/mol. The summed E-state index contributed by atoms with van der Waals surface area (Å²) in [5, 5.41) is 0. The molecule has 0 radical (unpaired) electrons. The standard InChI is InChI=1S/2C9H7.C4H8.C2H5.2ClH.Zr/c2*1-2-5-9-7-3-6-8(9)4-1;1-3-4-2;1-2;;;/h2*1-7H;1H,3-4H2,2H3;1H2,2H3;2*1H;. The second kappa shape index (κ2) is 9.64. The van der Waals surface area contributed by atoms with Gasteiger partial charge in [0.15, 0.2) is 0 Å². The van der Waals surface area contributed by atoms with Crippen LogP contribution in [0.1, 0.15) is 56.2 Å². The molecule has 0 bridgehead atoms. The average Bonchev–Trinajstić information content (AvgIpc) is 3.28. The van der Waals surface area contributed by atoms with Crippen LogP contribution in [0.15, 0.2) is 60.7 Å². The molecular formula is C24H29Cl2Zr. The molecule has 0 aliphatic heterocycles. The van der Waals surface area contributed by atoms with Gasteiger partial charge in [0, 0.05) is 0 Å². The molecule has 2 aromatic rings. The summed E-state index contributed by atoms with van der Waals surface area (Å²) in [6.07, 6.45) is 12.4. The van der Waals surface area contributed by atoms with E-state index in [1.165, 1.54) is 28.1 Å². The maximum atomic E-state index is 2.85. The molecule has 0 saturated heterocycles. The first-order valence-electron chi connectivity index (χ1n) is 9.68. The molecule has 0 aromatic heterocycles. The Labute approximate surface area is 180 Å². The number of fused-ring (bicyclic) bond motifs is 2. The number of halogens is 2. The maximum Gasteiger partial charge on any atom is -0.147 e. The van der Waals surface area contributed by atoms with Crippen molar-refractivity contribution in [3.8, 4) is 0 Å². The fraction of sp³-hybridized carbons (Fsp3) is 0.292. The Bertz CT molecular complexity index is 829. The summed E-state index contributed by atoms with van der Waals surface area (Å²) >= 11 is -2.68. The van der Waals surface area contributed by atoms with Crippen molar-refractivity contribution in [3.63, 3.8) is 0 Å². The molecule has 27 heavy (non-hydrogen) atoms. The molecule has 2 aromatic carbocycles. The third-order valence-electron chi connectivity index (χ3n) is 6.18. The van der Waals surface area contributed by atoms with Crippen molar-refractivity contribution in [2.75, 3.05) is 0 Å². The van der Waals surface area contributed by atoms with Crippen LogP contribution in [-0.2, 0) is 19.8 Å². The van der Waals surface area contributed by atoms with E-state index >= 15 is 0 Å². The zero-order valence-corrected chi connectivity index (χ0v) is 20.2. The van der Waals surface area contributed by atoms with Crippen molar-refractivity contribution in [1.29, 1.82) is 0 Å². The zero-order chi connectivity index (χ0) is 17.3. The van der Waals surface area contributed by atoms with E-state index < -0.39 is 19.8 Å². The summed E-state index contributed by atoms with van der Waals surface area (Å²) in [5.41, 5.74) is 6.07. The topological polar surface area (TPSA) is 0 Å². The third kappa shape index (κ3) is 3.89. The van der Waals surface area contributed by atoms with Crippen LogP contribution in [0.2, 0.25) is 4.13 Å². The van der Waals surface area contributed by atoms with E-state index in [1.54, 1.807) is 11.1 Å². The number of rotatable bonds is 5. The molecule has 0 heterocycles. The van der Waals surface area contributed by atoms with Crippen molar-refractivity contribution < 1.29 is 19.8 Å². The van der Waals surface area contributed by atoms with Crippen LogP contribution in [0.3, 0.4) is 0 Å². The fourth-order valence-electron chi connectivity index (χ4n) is 4.88. The molecule has 2 aliphatic carbocycles. The smallest absolute Gasteiger partial charge is 0.147 e. The van der Waals surface area contributed by atoms with Crippen LogP contribution >= 0.6 is 24.8 Å². The van der Waals surface area contributed by atoms with E-state index in [0.717, 1.165) is 0 Å². The minimum absolute atomic E-state index is 0. The van der Waals surface area contributed by atoms with Gasteiger partial charge in [-0.3, -0.25) is 0 Å². The van der Waals surface area contributed by atoms with Gasteiger partial charge in [0.25, 0.3) is 0 Å². The van der Waals surface area contributed by atoms with E-state index in [1.807, 2.05) is 0 Å². The Kier molecular flexibility index (Phi) is 8.05. The van der Waals surface area contributed by atoms with Crippen molar-refractivity contribution in [3.05, 3.63) is 82.9 Å². The first-order valence-corrected chi connectivity index (χ1v) is 15.7. The molecule has 2 atom stereocenters. The molecule has 0 N–H and O–H groups in total. The van der Waals surface area contributed by atoms with Gasteiger partial charge >= 0.3 is 157 Å². The summed E-state index contributed by atoms with van der Waals surface area (Å²) in [7, 11) is 0. The molecule has 0 nitrogen and oxygen atoms in total. The number of allylic oxidation sites excluding steroid dienone is 2. The molecular weight excluding hydrogens is 450 g/mol. The molecule has 2 aliphatic rings. The number of hydrogen-bond donors (Lipinski definition) is 0. The van der Waals surface area contributed by atoms with Crippen LogP contribution < -0.4 is 0 Å². The molecule has 4 rings (SSSR count). The van der Waals surface area contributed by atoms with E-state index in [9.17, 15) is 0 Å². The summed E-state index contributed by atoms with van der Waals surface area (Å²) in [5.74, 6) is 0. The number of benzene rings is 2. The van der Waals surface area contributed by atoms with Crippen LogP contribution in [0.4, 0.5) is 0 Å². The molecule has 0 amide bonds. The Morgan fingerprint density at radius 1 is 0.778 bits per heavy atom. The Hall–Kier alpha value is -0.747. The fourth-order valence-corrected chi connectivity index (χ4v) is 18.4. The van der Waals surface area contributed by atoms with Crippen LogP contribution in [0.5, 0.6) is 0 Å². The van der Waals surface area contributed by atoms with Gasteiger partial charge in [0.2, 0.25) is 0 Å². The summed E-state index contributed by atoms with van der Waals surface area (Å²) in [6.45, 7) is 4.78. The van der Waals surface area contributed by atoms with Gasteiger partial charge in [-0.1, -0.05) is 0 Å². The molecule has 0 fully saturated rings. The summed E-state index contributed by atoms with van der Waals surface area (Å²) < 4.78 is 5.55. The molecule has 3 heteroatoms. The van der Waals surface area contributed by atoms with Gasteiger partial charge in [-0.2, -0.15) is 0 Å². The van der Waals surface area contributed by atoms with Gasteiger partial charge in [0.1, 0.15) is 0 Å². The quantitative estimate of drug-likeness (QED) is 0.415. The summed E-state index contributed by atoms with van der Waals surface area (Å²) in [4.78, 5) is 0. The summed E-state index contributed by atoms with van der Waals surface area (Å²) in [6, 6.07) is 18.1. The van der Waals surface area contributed by atoms with Gasteiger partial charge in [-0.05, 0) is 0 Å². The first-order chi connectivity index (χ1) is 12.3. The first kappa shape index (κ1) is 22.5. The maximum absolute atomic E-state index is 2.85. The van der Waals surface area contributed by atoms with Crippen molar-refractivity contribution in [2.45, 2.75) is 38.1 Å². The second-order valence-corrected chi connectivity index (χ2v) is 18.7. The Morgan fingerprint density at radius 2 is 1.26 bits per heavy atom. The minimum atomic E-state index is -2.68. The van der Waals surface area contributed by atoms with Crippen molar-refractivity contribution >= 4 is 40.7 Å². The number of unbranched alkanes of at least 4 members (excludes halogenated alkanes) is 1. The van der Waals surface area contributed by atoms with E-state index in [4.69, 9.17) is 0 Å². The van der Waals surface area contributed by atoms with E-state index in [-0.39, 0.29) is 24.8 Å². The van der Waals surface area contributed by atoms with Crippen molar-refractivity contribution in [2.24, 2.45) is 0 Å². The monoisotopic (exact) mass is 477 g/mol.